The highest BCUT2D eigenvalue weighted by Gasteiger charge is 2.28. The number of hydrogen-bond acceptors (Lipinski definition) is 4. The Labute approximate surface area is 127 Å². The lowest BCUT2D eigenvalue weighted by Crippen LogP contribution is -2.37. The molecule has 0 aliphatic carbocycles. The van der Waals surface area contributed by atoms with E-state index < -0.39 is 16.0 Å². The van der Waals surface area contributed by atoms with Gasteiger partial charge < -0.3 is 4.74 Å². The van der Waals surface area contributed by atoms with Gasteiger partial charge in [0.2, 0.25) is 10.0 Å². The largest absolute Gasteiger partial charge is 0.465 e. The van der Waals surface area contributed by atoms with E-state index in [0.29, 0.717) is 11.1 Å². The number of esters is 1. The van der Waals surface area contributed by atoms with E-state index in [1.807, 2.05) is 19.1 Å². The van der Waals surface area contributed by atoms with Gasteiger partial charge in [0, 0.05) is 6.54 Å². The zero-order chi connectivity index (χ0) is 16.2. The number of ether oxygens (including phenoxy) is 1. The van der Waals surface area contributed by atoms with E-state index in [1.54, 1.807) is 27.7 Å². The maximum Gasteiger partial charge on any atom is 0.321 e. The highest BCUT2D eigenvalue weighted by atomic mass is 32.2. The molecule has 0 N–H and O–H groups in total. The standard InChI is InChI=1S/C15H23NO4S/c1-6-16(10-14(17)20-7-2)21(18,19)15-12(4)8-11(3)9-13(15)5/h8-9H,6-7,10H2,1-5H3. The van der Waals surface area contributed by atoms with Crippen molar-refractivity contribution in [2.75, 3.05) is 19.7 Å². The zero-order valence-electron chi connectivity index (χ0n) is 13.3. The lowest BCUT2D eigenvalue weighted by atomic mass is 10.1. The minimum Gasteiger partial charge on any atom is -0.465 e. The van der Waals surface area contributed by atoms with Crippen LogP contribution in [0.3, 0.4) is 0 Å². The average molecular weight is 313 g/mol. The molecule has 21 heavy (non-hydrogen) atoms. The molecule has 0 heterocycles. The van der Waals surface area contributed by atoms with Crippen molar-refractivity contribution in [1.82, 2.24) is 4.31 Å². The minimum atomic E-state index is -3.71. The van der Waals surface area contributed by atoms with Crippen molar-refractivity contribution in [1.29, 1.82) is 0 Å². The number of benzene rings is 1. The van der Waals surface area contributed by atoms with Crippen LogP contribution >= 0.6 is 0 Å². The van der Waals surface area contributed by atoms with Gasteiger partial charge in [0.05, 0.1) is 11.5 Å². The first-order valence-corrected chi connectivity index (χ1v) is 8.41. The molecule has 0 bridgehead atoms. The van der Waals surface area contributed by atoms with Crippen LogP contribution in [0.5, 0.6) is 0 Å². The van der Waals surface area contributed by atoms with Gasteiger partial charge in [0.15, 0.2) is 0 Å². The topological polar surface area (TPSA) is 63.7 Å². The van der Waals surface area contributed by atoms with Crippen LogP contribution in [0.25, 0.3) is 0 Å². The summed E-state index contributed by atoms with van der Waals surface area (Å²) in [6.07, 6.45) is 0. The van der Waals surface area contributed by atoms with Crippen LogP contribution in [-0.4, -0.2) is 38.4 Å². The van der Waals surface area contributed by atoms with E-state index in [4.69, 9.17) is 4.74 Å². The Hall–Kier alpha value is -1.40. The number of likely N-dealkylation sites (N-methyl/N-ethyl adjacent to an activating group) is 1. The van der Waals surface area contributed by atoms with E-state index in [9.17, 15) is 13.2 Å². The predicted octanol–water partition coefficient (Wildman–Crippen LogP) is 2.19. The molecule has 0 aliphatic rings. The number of sulfonamides is 1. The Bertz CT molecular complexity index is 600. The minimum absolute atomic E-state index is 0.216. The first-order chi connectivity index (χ1) is 9.73. The Morgan fingerprint density at radius 3 is 2.10 bits per heavy atom. The third kappa shape index (κ3) is 4.04. The summed E-state index contributed by atoms with van der Waals surface area (Å²) < 4.78 is 31.5. The van der Waals surface area contributed by atoms with Crippen LogP contribution in [0.4, 0.5) is 0 Å². The Morgan fingerprint density at radius 2 is 1.67 bits per heavy atom. The van der Waals surface area contributed by atoms with Gasteiger partial charge in [-0.15, -0.1) is 0 Å². The number of carbonyl (C=O) groups is 1. The van der Waals surface area contributed by atoms with E-state index in [-0.39, 0.29) is 24.6 Å². The molecule has 5 nitrogen and oxygen atoms in total. The summed E-state index contributed by atoms with van der Waals surface area (Å²) in [6, 6.07) is 3.66. The number of carbonyl (C=O) groups excluding carboxylic acids is 1. The van der Waals surface area contributed by atoms with Crippen molar-refractivity contribution in [3.63, 3.8) is 0 Å². The lowest BCUT2D eigenvalue weighted by Gasteiger charge is -2.22. The van der Waals surface area contributed by atoms with Crippen LogP contribution < -0.4 is 0 Å². The van der Waals surface area contributed by atoms with Gasteiger partial charge in [-0.2, -0.15) is 4.31 Å². The first kappa shape index (κ1) is 17.7. The van der Waals surface area contributed by atoms with Crippen molar-refractivity contribution in [3.8, 4) is 0 Å². The fraction of sp³-hybridized carbons (Fsp3) is 0.533. The van der Waals surface area contributed by atoms with Crippen molar-refractivity contribution in [2.45, 2.75) is 39.5 Å². The molecule has 0 atom stereocenters. The quantitative estimate of drug-likeness (QED) is 0.755. The third-order valence-electron chi connectivity index (χ3n) is 3.17. The third-order valence-corrected chi connectivity index (χ3v) is 5.39. The van der Waals surface area contributed by atoms with Gasteiger partial charge in [-0.3, -0.25) is 4.79 Å². The second-order valence-corrected chi connectivity index (χ2v) is 6.84. The molecule has 6 heteroatoms. The van der Waals surface area contributed by atoms with Gasteiger partial charge >= 0.3 is 5.97 Å². The van der Waals surface area contributed by atoms with Crippen LogP contribution in [0.15, 0.2) is 17.0 Å². The molecule has 0 saturated carbocycles. The van der Waals surface area contributed by atoms with Crippen molar-refractivity contribution >= 4 is 16.0 Å². The highest BCUT2D eigenvalue weighted by Crippen LogP contribution is 2.25. The molecule has 0 fully saturated rings. The lowest BCUT2D eigenvalue weighted by molar-refractivity contribution is -0.143. The Morgan fingerprint density at radius 1 is 1.14 bits per heavy atom. The summed E-state index contributed by atoms with van der Waals surface area (Å²) in [4.78, 5) is 11.9. The number of nitrogens with zero attached hydrogens (tertiary/aromatic N) is 1. The monoisotopic (exact) mass is 313 g/mol. The van der Waals surface area contributed by atoms with Crippen molar-refractivity contribution in [3.05, 3.63) is 28.8 Å². The molecule has 0 unspecified atom stereocenters. The summed E-state index contributed by atoms with van der Waals surface area (Å²) in [7, 11) is -3.71. The average Bonchev–Trinajstić information content (AvgIpc) is 2.34. The number of aryl methyl sites for hydroxylation is 3. The van der Waals surface area contributed by atoms with Crippen LogP contribution in [0.2, 0.25) is 0 Å². The molecule has 0 aliphatic heterocycles. The second kappa shape index (κ2) is 7.04. The van der Waals surface area contributed by atoms with Gasteiger partial charge in [0.1, 0.15) is 6.54 Å². The maximum atomic E-state index is 12.8. The van der Waals surface area contributed by atoms with Gasteiger partial charge in [-0.05, 0) is 38.8 Å². The van der Waals surface area contributed by atoms with E-state index in [1.165, 1.54) is 0 Å². The highest BCUT2D eigenvalue weighted by molar-refractivity contribution is 7.89. The number of rotatable bonds is 6. The molecule has 1 aromatic carbocycles. The second-order valence-electron chi connectivity index (χ2n) is 4.96. The normalized spacial score (nSPS) is 11.7. The molecular weight excluding hydrogens is 290 g/mol. The fourth-order valence-electron chi connectivity index (χ4n) is 2.42. The van der Waals surface area contributed by atoms with E-state index in [0.717, 1.165) is 9.87 Å². The van der Waals surface area contributed by atoms with Crippen molar-refractivity contribution in [2.24, 2.45) is 0 Å². The zero-order valence-corrected chi connectivity index (χ0v) is 14.1. The Kier molecular flexibility index (Phi) is 5.92. The summed E-state index contributed by atoms with van der Waals surface area (Å²) in [5, 5.41) is 0. The smallest absolute Gasteiger partial charge is 0.321 e. The fourth-order valence-corrected chi connectivity index (χ4v) is 4.23. The maximum absolute atomic E-state index is 12.8. The molecule has 0 spiro atoms. The molecule has 0 aromatic heterocycles. The molecule has 1 aromatic rings. The van der Waals surface area contributed by atoms with Crippen LogP contribution in [0.1, 0.15) is 30.5 Å². The van der Waals surface area contributed by atoms with Crippen LogP contribution in [-0.2, 0) is 19.6 Å². The molecule has 0 amide bonds. The predicted molar refractivity (Wildman–Crippen MR) is 81.7 cm³/mol. The van der Waals surface area contributed by atoms with E-state index >= 15 is 0 Å². The number of hydrogen-bond donors (Lipinski definition) is 0. The summed E-state index contributed by atoms with van der Waals surface area (Å²) in [6.45, 7) is 9.04. The Balaban J connectivity index is 3.23. The van der Waals surface area contributed by atoms with Gasteiger partial charge in [-0.1, -0.05) is 24.6 Å². The molecule has 1 rings (SSSR count). The first-order valence-electron chi connectivity index (χ1n) is 6.97. The van der Waals surface area contributed by atoms with Crippen LogP contribution in [0, 0.1) is 20.8 Å². The van der Waals surface area contributed by atoms with Gasteiger partial charge in [-0.25, -0.2) is 8.42 Å². The molecular formula is C15H23NO4S. The SMILES string of the molecule is CCOC(=O)CN(CC)S(=O)(=O)c1c(C)cc(C)cc1C. The summed E-state index contributed by atoms with van der Waals surface area (Å²) >= 11 is 0. The van der Waals surface area contributed by atoms with E-state index in [2.05, 4.69) is 0 Å². The summed E-state index contributed by atoms with van der Waals surface area (Å²) in [5.41, 5.74) is 2.39. The molecule has 118 valence electrons. The summed E-state index contributed by atoms with van der Waals surface area (Å²) in [5.74, 6) is -0.537. The van der Waals surface area contributed by atoms with Crippen molar-refractivity contribution < 1.29 is 17.9 Å². The van der Waals surface area contributed by atoms with Gasteiger partial charge in [0.25, 0.3) is 0 Å². The molecule has 0 radical (unpaired) electrons. The molecule has 0 saturated heterocycles.